The van der Waals surface area contributed by atoms with Gasteiger partial charge in [-0.2, -0.15) is 0 Å². The first-order valence-electron chi connectivity index (χ1n) is 5.39. The average molecular weight is 198 g/mol. The van der Waals surface area contributed by atoms with Crippen LogP contribution in [0, 0.1) is 5.92 Å². The molecule has 0 radical (unpaired) electrons. The van der Waals surface area contributed by atoms with Gasteiger partial charge in [0.1, 0.15) is 0 Å². The molecule has 0 aromatic heterocycles. The zero-order chi connectivity index (χ0) is 10.4. The number of nitrogens with two attached hydrogens (primary N) is 1. The van der Waals surface area contributed by atoms with Gasteiger partial charge in [-0.3, -0.25) is 0 Å². The summed E-state index contributed by atoms with van der Waals surface area (Å²) in [7, 11) is 0. The van der Waals surface area contributed by atoms with Crippen molar-refractivity contribution in [1.82, 2.24) is 5.32 Å². The summed E-state index contributed by atoms with van der Waals surface area (Å²) >= 11 is 0. The minimum Gasteiger partial charge on any atom is -0.381 e. The van der Waals surface area contributed by atoms with Crippen molar-refractivity contribution >= 4 is 0 Å². The fourth-order valence-corrected chi connectivity index (χ4v) is 1.87. The van der Waals surface area contributed by atoms with Gasteiger partial charge in [0, 0.05) is 32.3 Å². The van der Waals surface area contributed by atoms with Crippen molar-refractivity contribution in [2.75, 3.05) is 26.3 Å². The summed E-state index contributed by atoms with van der Waals surface area (Å²) in [4.78, 5) is 0. The van der Waals surface area contributed by atoms with E-state index in [1.807, 2.05) is 6.92 Å². The van der Waals surface area contributed by atoms with E-state index in [2.05, 4.69) is 11.9 Å². The lowest BCUT2D eigenvalue weighted by atomic mass is 9.91. The Morgan fingerprint density at radius 2 is 2.21 bits per heavy atom. The molecule has 3 nitrogen and oxygen atoms in total. The Kier molecular flexibility index (Phi) is 5.15. The highest BCUT2D eigenvalue weighted by molar-refractivity contribution is 4.93. The molecule has 1 unspecified atom stereocenters. The van der Waals surface area contributed by atoms with E-state index >= 15 is 0 Å². The molecular weight excluding hydrogens is 176 g/mol. The van der Waals surface area contributed by atoms with Crippen LogP contribution in [0.25, 0.3) is 0 Å². The van der Waals surface area contributed by atoms with E-state index in [1.165, 1.54) is 0 Å². The van der Waals surface area contributed by atoms with E-state index < -0.39 is 0 Å². The topological polar surface area (TPSA) is 47.3 Å². The van der Waals surface area contributed by atoms with E-state index in [9.17, 15) is 0 Å². The van der Waals surface area contributed by atoms with Gasteiger partial charge in [0.25, 0.3) is 0 Å². The maximum absolute atomic E-state index is 5.76. The highest BCUT2D eigenvalue weighted by Crippen LogP contribution is 2.18. The summed E-state index contributed by atoms with van der Waals surface area (Å²) < 4.78 is 5.33. The van der Waals surface area contributed by atoms with Gasteiger partial charge in [-0.15, -0.1) is 0 Å². The lowest BCUT2D eigenvalue weighted by molar-refractivity contribution is 0.0552. The molecule has 0 bridgehead atoms. The van der Waals surface area contributed by atoms with Gasteiger partial charge in [-0.1, -0.05) is 12.2 Å². The second-order valence-electron chi connectivity index (χ2n) is 4.13. The van der Waals surface area contributed by atoms with Crippen molar-refractivity contribution in [2.45, 2.75) is 25.8 Å². The molecule has 1 aliphatic rings. The second kappa shape index (κ2) is 6.17. The van der Waals surface area contributed by atoms with Gasteiger partial charge in [0.2, 0.25) is 0 Å². The first-order valence-corrected chi connectivity index (χ1v) is 5.39. The molecule has 0 aromatic carbocycles. The molecule has 3 heteroatoms. The normalized spacial score (nSPS) is 20.7. The molecule has 0 spiro atoms. The van der Waals surface area contributed by atoms with Gasteiger partial charge in [0.15, 0.2) is 0 Å². The number of ether oxygens (including phenoxy) is 1. The van der Waals surface area contributed by atoms with Crippen molar-refractivity contribution < 1.29 is 4.74 Å². The smallest absolute Gasteiger partial charge is 0.0469 e. The molecule has 1 fully saturated rings. The van der Waals surface area contributed by atoms with Crippen LogP contribution in [-0.4, -0.2) is 32.3 Å². The number of rotatable bonds is 5. The second-order valence-corrected chi connectivity index (χ2v) is 4.13. The molecule has 14 heavy (non-hydrogen) atoms. The zero-order valence-corrected chi connectivity index (χ0v) is 9.09. The summed E-state index contributed by atoms with van der Waals surface area (Å²) in [5.74, 6) is 0.674. The third-order valence-electron chi connectivity index (χ3n) is 2.75. The van der Waals surface area contributed by atoms with Gasteiger partial charge in [-0.25, -0.2) is 0 Å². The van der Waals surface area contributed by atoms with E-state index in [4.69, 9.17) is 10.5 Å². The van der Waals surface area contributed by atoms with Crippen LogP contribution in [-0.2, 0) is 4.74 Å². The summed E-state index contributed by atoms with van der Waals surface area (Å²) in [6.07, 6.45) is 2.26. The lowest BCUT2D eigenvalue weighted by Crippen LogP contribution is -2.44. The molecule has 1 aliphatic heterocycles. The molecule has 0 saturated carbocycles. The lowest BCUT2D eigenvalue weighted by Gasteiger charge is -2.30. The predicted octanol–water partition coefficient (Wildman–Crippen LogP) is 0.906. The molecule has 0 aromatic rings. The number of hydrogen-bond donors (Lipinski definition) is 2. The van der Waals surface area contributed by atoms with Crippen LogP contribution in [0.15, 0.2) is 12.2 Å². The SMILES string of the molecule is C=C(C)CNC(CN)C1CCOCC1. The van der Waals surface area contributed by atoms with Crippen molar-refractivity contribution in [2.24, 2.45) is 11.7 Å². The molecule has 82 valence electrons. The molecule has 1 atom stereocenters. The molecule has 0 aliphatic carbocycles. The van der Waals surface area contributed by atoms with Crippen LogP contribution in [0.4, 0.5) is 0 Å². The van der Waals surface area contributed by atoms with Crippen molar-refractivity contribution in [3.05, 3.63) is 12.2 Å². The average Bonchev–Trinajstić information content (AvgIpc) is 2.20. The largest absolute Gasteiger partial charge is 0.381 e. The first kappa shape index (κ1) is 11.7. The first-order chi connectivity index (χ1) is 6.74. The standard InChI is InChI=1S/C11H22N2O/c1-9(2)8-13-11(7-12)10-3-5-14-6-4-10/h10-11,13H,1,3-8,12H2,2H3. The monoisotopic (exact) mass is 198 g/mol. The van der Waals surface area contributed by atoms with Crippen molar-refractivity contribution in [1.29, 1.82) is 0 Å². The summed E-state index contributed by atoms with van der Waals surface area (Å²) in [5.41, 5.74) is 6.92. The van der Waals surface area contributed by atoms with Crippen LogP contribution < -0.4 is 11.1 Å². The maximum Gasteiger partial charge on any atom is 0.0469 e. The number of nitrogens with one attached hydrogen (secondary N) is 1. The number of hydrogen-bond acceptors (Lipinski definition) is 3. The Labute approximate surface area is 86.7 Å². The maximum atomic E-state index is 5.76. The zero-order valence-electron chi connectivity index (χ0n) is 9.09. The Hall–Kier alpha value is -0.380. The predicted molar refractivity (Wildman–Crippen MR) is 59.2 cm³/mol. The minimum absolute atomic E-state index is 0.426. The molecule has 0 amide bonds. The van der Waals surface area contributed by atoms with Crippen molar-refractivity contribution in [3.63, 3.8) is 0 Å². The van der Waals surface area contributed by atoms with E-state index in [0.717, 1.165) is 38.2 Å². The van der Waals surface area contributed by atoms with Crippen LogP contribution in [0.2, 0.25) is 0 Å². The Morgan fingerprint density at radius 1 is 1.57 bits per heavy atom. The third-order valence-corrected chi connectivity index (χ3v) is 2.75. The van der Waals surface area contributed by atoms with Gasteiger partial charge < -0.3 is 15.8 Å². The van der Waals surface area contributed by atoms with Gasteiger partial charge in [-0.05, 0) is 25.7 Å². The molecule has 1 heterocycles. The Bertz CT molecular complexity index is 176. The molecule has 1 rings (SSSR count). The minimum atomic E-state index is 0.426. The van der Waals surface area contributed by atoms with Crippen LogP contribution >= 0.6 is 0 Å². The summed E-state index contributed by atoms with van der Waals surface area (Å²) in [6, 6.07) is 0.426. The quantitative estimate of drug-likeness (QED) is 0.645. The van der Waals surface area contributed by atoms with Crippen LogP contribution in [0.3, 0.4) is 0 Å². The van der Waals surface area contributed by atoms with E-state index in [-0.39, 0.29) is 0 Å². The third kappa shape index (κ3) is 3.78. The van der Waals surface area contributed by atoms with Crippen LogP contribution in [0.5, 0.6) is 0 Å². The van der Waals surface area contributed by atoms with Gasteiger partial charge in [0.05, 0.1) is 0 Å². The van der Waals surface area contributed by atoms with E-state index in [0.29, 0.717) is 18.5 Å². The summed E-state index contributed by atoms with van der Waals surface area (Å²) in [6.45, 7) is 9.26. The Balaban J connectivity index is 2.31. The van der Waals surface area contributed by atoms with Crippen molar-refractivity contribution in [3.8, 4) is 0 Å². The molecular formula is C11H22N2O. The molecule has 3 N–H and O–H groups in total. The highest BCUT2D eigenvalue weighted by atomic mass is 16.5. The summed E-state index contributed by atoms with van der Waals surface area (Å²) in [5, 5.41) is 3.46. The van der Waals surface area contributed by atoms with E-state index in [1.54, 1.807) is 0 Å². The fourth-order valence-electron chi connectivity index (χ4n) is 1.87. The Morgan fingerprint density at radius 3 is 2.71 bits per heavy atom. The molecule has 1 saturated heterocycles. The fraction of sp³-hybridized carbons (Fsp3) is 0.818. The van der Waals surface area contributed by atoms with Gasteiger partial charge >= 0.3 is 0 Å². The van der Waals surface area contributed by atoms with Crippen LogP contribution in [0.1, 0.15) is 19.8 Å². The highest BCUT2D eigenvalue weighted by Gasteiger charge is 2.22.